The minimum absolute atomic E-state index is 0.0778. The number of carbonyl (C=O) groups excluding carboxylic acids is 2. The van der Waals surface area contributed by atoms with E-state index in [0.717, 1.165) is 34.4 Å². The van der Waals surface area contributed by atoms with Crippen molar-refractivity contribution in [3.05, 3.63) is 75.8 Å². The maximum Gasteiger partial charge on any atom is 0.265 e. The topological polar surface area (TPSA) is 76.0 Å². The first-order chi connectivity index (χ1) is 15.0. The summed E-state index contributed by atoms with van der Waals surface area (Å²) in [7, 11) is 0. The third kappa shape index (κ3) is 4.06. The molecule has 2 heterocycles. The van der Waals surface area contributed by atoms with E-state index in [2.05, 4.69) is 15.7 Å². The van der Waals surface area contributed by atoms with Crippen LogP contribution in [0.15, 0.2) is 54.6 Å². The molecule has 5 rings (SSSR count). The summed E-state index contributed by atoms with van der Waals surface area (Å²) in [4.78, 5) is 26.4. The molecule has 1 saturated carbocycles. The van der Waals surface area contributed by atoms with Crippen molar-refractivity contribution in [2.45, 2.75) is 25.8 Å². The summed E-state index contributed by atoms with van der Waals surface area (Å²) < 4.78 is 1.81. The Balaban J connectivity index is 1.36. The van der Waals surface area contributed by atoms with Gasteiger partial charge in [0.1, 0.15) is 4.83 Å². The Hall–Kier alpha value is -3.16. The van der Waals surface area contributed by atoms with Gasteiger partial charge in [0.15, 0.2) is 0 Å². The maximum absolute atomic E-state index is 12.8. The van der Waals surface area contributed by atoms with Gasteiger partial charge in [0.05, 0.1) is 16.3 Å². The molecule has 0 bridgehead atoms. The van der Waals surface area contributed by atoms with Crippen LogP contribution in [0.25, 0.3) is 15.9 Å². The fraction of sp³-hybridized carbons (Fsp3) is 0.174. The summed E-state index contributed by atoms with van der Waals surface area (Å²) in [6, 6.07) is 16.5. The van der Waals surface area contributed by atoms with Crippen LogP contribution in [0.2, 0.25) is 5.02 Å². The molecule has 1 fully saturated rings. The Morgan fingerprint density at radius 3 is 2.58 bits per heavy atom. The van der Waals surface area contributed by atoms with E-state index in [1.165, 1.54) is 11.3 Å². The van der Waals surface area contributed by atoms with Crippen molar-refractivity contribution in [3.8, 4) is 5.69 Å². The summed E-state index contributed by atoms with van der Waals surface area (Å²) >= 11 is 7.51. The number of carbonyl (C=O) groups is 2. The maximum atomic E-state index is 12.8. The minimum Gasteiger partial charge on any atom is -0.349 e. The number of nitrogens with zero attached hydrogens (tertiary/aromatic N) is 2. The molecule has 0 aliphatic heterocycles. The van der Waals surface area contributed by atoms with Gasteiger partial charge < -0.3 is 10.6 Å². The number of fused-ring (bicyclic) bond motifs is 1. The highest BCUT2D eigenvalue weighted by Crippen LogP contribution is 2.31. The largest absolute Gasteiger partial charge is 0.349 e. The number of hydrogen-bond acceptors (Lipinski definition) is 4. The van der Waals surface area contributed by atoms with Gasteiger partial charge in [-0.2, -0.15) is 5.10 Å². The second kappa shape index (κ2) is 7.83. The van der Waals surface area contributed by atoms with Crippen LogP contribution in [0.3, 0.4) is 0 Å². The van der Waals surface area contributed by atoms with Crippen molar-refractivity contribution in [3.63, 3.8) is 0 Å². The van der Waals surface area contributed by atoms with Crippen LogP contribution in [0.1, 0.15) is 38.6 Å². The van der Waals surface area contributed by atoms with E-state index in [9.17, 15) is 9.59 Å². The first-order valence-electron chi connectivity index (χ1n) is 9.95. The number of amides is 2. The number of rotatable bonds is 5. The Labute approximate surface area is 187 Å². The summed E-state index contributed by atoms with van der Waals surface area (Å²) in [5.41, 5.74) is 2.92. The first kappa shape index (κ1) is 19.8. The van der Waals surface area contributed by atoms with E-state index in [1.54, 1.807) is 24.3 Å². The van der Waals surface area contributed by atoms with Gasteiger partial charge in [-0.1, -0.05) is 17.7 Å². The summed E-state index contributed by atoms with van der Waals surface area (Å²) in [6.45, 7) is 1.92. The van der Waals surface area contributed by atoms with Crippen LogP contribution < -0.4 is 10.6 Å². The van der Waals surface area contributed by atoms with Crippen LogP contribution >= 0.6 is 22.9 Å². The van der Waals surface area contributed by atoms with E-state index in [4.69, 9.17) is 11.6 Å². The van der Waals surface area contributed by atoms with Gasteiger partial charge in [-0.05, 0) is 68.3 Å². The number of thiophene rings is 1. The Kier molecular flexibility index (Phi) is 5.00. The first-order valence-corrected chi connectivity index (χ1v) is 11.1. The van der Waals surface area contributed by atoms with Crippen LogP contribution in [-0.4, -0.2) is 27.6 Å². The number of benzene rings is 2. The number of aromatic nitrogens is 2. The van der Waals surface area contributed by atoms with Gasteiger partial charge in [-0.3, -0.25) is 9.59 Å². The van der Waals surface area contributed by atoms with Gasteiger partial charge >= 0.3 is 0 Å². The predicted molar refractivity (Wildman–Crippen MR) is 124 cm³/mol. The van der Waals surface area contributed by atoms with Crippen LogP contribution in [0, 0.1) is 6.92 Å². The molecule has 1 aliphatic rings. The Morgan fingerprint density at radius 2 is 1.87 bits per heavy atom. The second-order valence-electron chi connectivity index (χ2n) is 7.59. The molecule has 1 aliphatic carbocycles. The molecule has 8 heteroatoms. The van der Waals surface area contributed by atoms with Gasteiger partial charge in [0.2, 0.25) is 0 Å². The summed E-state index contributed by atoms with van der Waals surface area (Å²) in [5.74, 6) is -0.278. The molecule has 0 unspecified atom stereocenters. The third-order valence-corrected chi connectivity index (χ3v) is 6.48. The average molecular weight is 451 g/mol. The van der Waals surface area contributed by atoms with Crippen molar-refractivity contribution in [1.82, 2.24) is 15.1 Å². The van der Waals surface area contributed by atoms with E-state index in [1.807, 2.05) is 41.9 Å². The number of hydrogen-bond donors (Lipinski definition) is 2. The van der Waals surface area contributed by atoms with E-state index < -0.39 is 0 Å². The molecule has 6 nitrogen and oxygen atoms in total. The Bertz CT molecular complexity index is 1310. The molecule has 0 saturated heterocycles. The molecule has 0 radical (unpaired) electrons. The standard InChI is InChI=1S/C23H19ClN4O2S/c1-13-19-12-20(31-23(19)28(27-13)18-4-2-3-15(24)11-18)22(30)26-16-7-5-14(6-8-16)21(29)25-17-9-10-17/h2-8,11-12,17H,9-10H2,1H3,(H,25,29)(H,26,30). The fourth-order valence-corrected chi connectivity index (χ4v) is 4.60. The quantitative estimate of drug-likeness (QED) is 0.439. The van der Waals surface area contributed by atoms with Gasteiger partial charge in [0, 0.05) is 27.7 Å². The molecule has 0 spiro atoms. The minimum atomic E-state index is -0.201. The lowest BCUT2D eigenvalue weighted by Gasteiger charge is -2.06. The highest BCUT2D eigenvalue weighted by Gasteiger charge is 2.23. The van der Waals surface area contributed by atoms with Gasteiger partial charge in [0.25, 0.3) is 11.8 Å². The highest BCUT2D eigenvalue weighted by atomic mass is 35.5. The molecule has 2 aromatic heterocycles. The van der Waals surface area contributed by atoms with Gasteiger partial charge in [-0.25, -0.2) is 4.68 Å². The smallest absolute Gasteiger partial charge is 0.265 e. The number of anilines is 1. The highest BCUT2D eigenvalue weighted by molar-refractivity contribution is 7.20. The van der Waals surface area contributed by atoms with Crippen molar-refractivity contribution in [2.24, 2.45) is 0 Å². The molecule has 0 atom stereocenters. The molecule has 2 amide bonds. The van der Waals surface area contributed by atoms with E-state index >= 15 is 0 Å². The normalized spacial score (nSPS) is 13.4. The second-order valence-corrected chi connectivity index (χ2v) is 9.05. The van der Waals surface area contributed by atoms with E-state index in [-0.39, 0.29) is 11.8 Å². The van der Waals surface area contributed by atoms with Crippen molar-refractivity contribution in [1.29, 1.82) is 0 Å². The number of aryl methyl sites for hydroxylation is 1. The van der Waals surface area contributed by atoms with E-state index in [0.29, 0.717) is 27.2 Å². The fourth-order valence-electron chi connectivity index (χ4n) is 3.34. The molecule has 31 heavy (non-hydrogen) atoms. The SMILES string of the molecule is Cc1nn(-c2cccc(Cl)c2)c2sc(C(=O)Nc3ccc(C(=O)NC4CC4)cc3)cc12. The zero-order valence-corrected chi connectivity index (χ0v) is 18.3. The number of nitrogens with one attached hydrogen (secondary N) is 2. The lowest BCUT2D eigenvalue weighted by Crippen LogP contribution is -2.25. The zero-order chi connectivity index (χ0) is 21.5. The van der Waals surface area contributed by atoms with Gasteiger partial charge in [-0.15, -0.1) is 11.3 Å². The summed E-state index contributed by atoms with van der Waals surface area (Å²) in [5, 5.41) is 12.0. The molecular weight excluding hydrogens is 432 g/mol. The average Bonchev–Trinajstić information content (AvgIpc) is 3.36. The monoisotopic (exact) mass is 450 g/mol. The van der Waals surface area contributed by atoms with Crippen LogP contribution in [-0.2, 0) is 0 Å². The summed E-state index contributed by atoms with van der Waals surface area (Å²) in [6.07, 6.45) is 2.09. The molecule has 2 aromatic carbocycles. The van der Waals surface area contributed by atoms with Crippen LogP contribution in [0.4, 0.5) is 5.69 Å². The molecule has 4 aromatic rings. The lowest BCUT2D eigenvalue weighted by molar-refractivity contribution is 0.0950. The predicted octanol–water partition coefficient (Wildman–Crippen LogP) is 5.19. The molecular formula is C23H19ClN4O2S. The Morgan fingerprint density at radius 1 is 1.10 bits per heavy atom. The van der Waals surface area contributed by atoms with Crippen LogP contribution in [0.5, 0.6) is 0 Å². The lowest BCUT2D eigenvalue weighted by atomic mass is 10.2. The number of halogens is 1. The van der Waals surface area contributed by atoms with Crippen molar-refractivity contribution >= 4 is 50.7 Å². The molecule has 2 N–H and O–H groups in total. The van der Waals surface area contributed by atoms with Crippen molar-refractivity contribution < 1.29 is 9.59 Å². The molecule has 156 valence electrons. The van der Waals surface area contributed by atoms with Crippen molar-refractivity contribution in [2.75, 3.05) is 5.32 Å². The zero-order valence-electron chi connectivity index (χ0n) is 16.7. The third-order valence-electron chi connectivity index (χ3n) is 5.14.